The number of benzene rings is 2. The number of rotatable bonds is 3. The van der Waals surface area contributed by atoms with Crippen LogP contribution in [0.15, 0.2) is 42.5 Å². The molecule has 7 heteroatoms. The number of ether oxygens (including phenoxy) is 3. The minimum absolute atomic E-state index is 0. The van der Waals surface area contributed by atoms with Crippen LogP contribution in [0.3, 0.4) is 0 Å². The van der Waals surface area contributed by atoms with Gasteiger partial charge in [0.2, 0.25) is 12.7 Å². The van der Waals surface area contributed by atoms with Gasteiger partial charge >= 0.3 is 5.97 Å². The van der Waals surface area contributed by atoms with Gasteiger partial charge in [-0.2, -0.15) is 0 Å². The van der Waals surface area contributed by atoms with Crippen LogP contribution in [0, 0.1) is 0 Å². The van der Waals surface area contributed by atoms with Crippen molar-refractivity contribution in [2.45, 2.75) is 39.3 Å². The molecule has 1 amide bonds. The lowest BCUT2D eigenvalue weighted by Crippen LogP contribution is -2.51. The van der Waals surface area contributed by atoms with Crippen LogP contribution in [0.5, 0.6) is 11.5 Å². The van der Waals surface area contributed by atoms with Crippen molar-refractivity contribution in [3.8, 4) is 11.5 Å². The molecule has 2 aliphatic rings. The largest absolute Gasteiger partial charge is 0.467 e. The Morgan fingerprint density at radius 2 is 1.94 bits per heavy atom. The number of amides is 1. The Hall–Kier alpha value is -3.48. The van der Waals surface area contributed by atoms with E-state index in [0.717, 1.165) is 27.7 Å². The number of fused-ring (bicyclic) bond motifs is 4. The molecule has 0 radical (unpaired) electrons. The molecule has 0 bridgehead atoms. The molecule has 2 aromatic carbocycles. The molecule has 3 heterocycles. The van der Waals surface area contributed by atoms with Crippen LogP contribution in [0.1, 0.15) is 43.6 Å². The molecular weight excluding hydrogens is 396 g/mol. The molecule has 0 aliphatic carbocycles. The van der Waals surface area contributed by atoms with Crippen LogP contribution in [-0.2, 0) is 20.7 Å². The maximum Gasteiger partial charge on any atom is 0.328 e. The van der Waals surface area contributed by atoms with Crippen molar-refractivity contribution in [3.05, 3.63) is 59.3 Å². The van der Waals surface area contributed by atoms with Crippen LogP contribution < -0.4 is 9.47 Å². The number of hydrogen-bond donors (Lipinski definition) is 1. The first-order valence-electron chi connectivity index (χ1n) is 10.0. The van der Waals surface area contributed by atoms with Crippen molar-refractivity contribution >= 4 is 22.8 Å². The number of aromatic nitrogens is 1. The average Bonchev–Trinajstić information content (AvgIpc) is 3.40. The molecule has 0 saturated heterocycles. The maximum atomic E-state index is 13.1. The molecule has 3 aromatic rings. The van der Waals surface area contributed by atoms with Crippen molar-refractivity contribution in [2.75, 3.05) is 13.9 Å². The van der Waals surface area contributed by atoms with Gasteiger partial charge in [-0.3, -0.25) is 4.79 Å². The number of nitrogens with one attached hydrogen (secondary N) is 1. The van der Waals surface area contributed by atoms with Crippen LogP contribution in [0.4, 0.5) is 0 Å². The molecule has 162 valence electrons. The van der Waals surface area contributed by atoms with E-state index in [1.54, 1.807) is 11.8 Å². The van der Waals surface area contributed by atoms with Gasteiger partial charge in [0.1, 0.15) is 6.04 Å². The molecule has 1 N–H and O–H groups in total. The minimum Gasteiger partial charge on any atom is -0.467 e. The van der Waals surface area contributed by atoms with Crippen LogP contribution >= 0.6 is 0 Å². The lowest BCUT2D eigenvalue weighted by atomic mass is 9.87. The Kier molecular flexibility index (Phi) is 5.35. The summed E-state index contributed by atoms with van der Waals surface area (Å²) < 4.78 is 16.1. The Balaban J connectivity index is 0.00000231. The summed E-state index contributed by atoms with van der Waals surface area (Å²) in [6.07, 6.45) is 0.683. The first-order valence-corrected chi connectivity index (χ1v) is 10.0. The molecule has 2 aliphatic heterocycles. The highest BCUT2D eigenvalue weighted by Gasteiger charge is 2.43. The Bertz CT molecular complexity index is 1150. The summed E-state index contributed by atoms with van der Waals surface area (Å²) in [5.41, 5.74) is 3.77. The number of para-hydroxylation sites is 1. The summed E-state index contributed by atoms with van der Waals surface area (Å²) in [5, 5.41) is 1.05. The van der Waals surface area contributed by atoms with Gasteiger partial charge in [0.15, 0.2) is 11.5 Å². The first kappa shape index (κ1) is 20.8. The number of methoxy groups -OCH3 is 1. The number of carbonyl (C=O) groups excluding carboxylic acids is 2. The monoisotopic (exact) mass is 422 g/mol. The molecule has 0 saturated carbocycles. The van der Waals surface area contributed by atoms with E-state index in [9.17, 15) is 9.59 Å². The Morgan fingerprint density at radius 3 is 2.71 bits per heavy atom. The number of carbonyl (C=O) groups is 2. The molecule has 7 nitrogen and oxygen atoms in total. The topological polar surface area (TPSA) is 80.9 Å². The highest BCUT2D eigenvalue weighted by atomic mass is 16.7. The van der Waals surface area contributed by atoms with Crippen LogP contribution in [0.2, 0.25) is 0 Å². The molecular formula is C24H26N2O5. The van der Waals surface area contributed by atoms with Crippen molar-refractivity contribution in [1.82, 2.24) is 9.88 Å². The fraction of sp³-hybridized carbons (Fsp3) is 0.333. The highest BCUT2D eigenvalue weighted by molar-refractivity contribution is 5.90. The molecule has 0 unspecified atom stereocenters. The number of aromatic amines is 1. The highest BCUT2D eigenvalue weighted by Crippen LogP contribution is 2.44. The first-order chi connectivity index (χ1) is 14.6. The molecule has 1 aromatic heterocycles. The number of H-pyrrole nitrogens is 1. The van der Waals surface area contributed by atoms with Gasteiger partial charge in [-0.05, 0) is 29.3 Å². The SMILES string of the molecule is C.CCC(=O)N1[C@H](c2ccc3c(c2)OCO3)c2[nH]c3ccccc3c2C[C@@H]1C(=O)OC. The van der Waals surface area contributed by atoms with E-state index in [-0.39, 0.29) is 26.5 Å². The Labute approximate surface area is 180 Å². The van der Waals surface area contributed by atoms with E-state index in [2.05, 4.69) is 4.98 Å². The second-order valence-electron chi connectivity index (χ2n) is 7.48. The quantitative estimate of drug-likeness (QED) is 0.646. The predicted molar refractivity (Wildman–Crippen MR) is 116 cm³/mol. The van der Waals surface area contributed by atoms with Crippen molar-refractivity contribution in [2.24, 2.45) is 0 Å². The fourth-order valence-corrected chi connectivity index (χ4v) is 4.53. The van der Waals surface area contributed by atoms with E-state index in [1.807, 2.05) is 42.5 Å². The smallest absolute Gasteiger partial charge is 0.328 e. The third kappa shape index (κ3) is 3.21. The normalized spacial score (nSPS) is 19.0. The van der Waals surface area contributed by atoms with E-state index in [0.29, 0.717) is 17.9 Å². The minimum atomic E-state index is -0.704. The van der Waals surface area contributed by atoms with E-state index >= 15 is 0 Å². The standard InChI is InChI=1S/C23H22N2O5.CH4/c1-3-20(26)25-17(23(27)28-2)11-15-14-6-4-5-7-16(14)24-21(15)22(25)13-8-9-18-19(10-13)30-12-29-18;/h4-10,17,22,24H,3,11-12H2,1-2H3;1H4/t17-,22-;/m1./s1. The Morgan fingerprint density at radius 1 is 1.16 bits per heavy atom. The summed E-state index contributed by atoms with van der Waals surface area (Å²) in [4.78, 5) is 31.0. The summed E-state index contributed by atoms with van der Waals surface area (Å²) in [5.74, 6) is 0.773. The van der Waals surface area contributed by atoms with Crippen LogP contribution in [-0.4, -0.2) is 41.7 Å². The molecule has 0 spiro atoms. The van der Waals surface area contributed by atoms with E-state index in [1.165, 1.54) is 7.11 Å². The third-order valence-electron chi connectivity index (χ3n) is 5.91. The van der Waals surface area contributed by atoms with Gasteiger partial charge in [-0.25, -0.2) is 4.79 Å². The second-order valence-corrected chi connectivity index (χ2v) is 7.48. The lowest BCUT2D eigenvalue weighted by molar-refractivity contribution is -0.155. The van der Waals surface area contributed by atoms with Gasteiger partial charge in [-0.15, -0.1) is 0 Å². The predicted octanol–water partition coefficient (Wildman–Crippen LogP) is 3.96. The second kappa shape index (κ2) is 7.98. The zero-order chi connectivity index (χ0) is 20.8. The van der Waals surface area contributed by atoms with Crippen LogP contribution in [0.25, 0.3) is 10.9 Å². The van der Waals surface area contributed by atoms with Crippen molar-refractivity contribution in [1.29, 1.82) is 0 Å². The number of esters is 1. The number of nitrogens with zero attached hydrogens (tertiary/aromatic N) is 1. The maximum absolute atomic E-state index is 13.1. The zero-order valence-corrected chi connectivity index (χ0v) is 16.8. The molecule has 2 atom stereocenters. The molecule has 0 fully saturated rings. The molecule has 5 rings (SSSR count). The molecule has 31 heavy (non-hydrogen) atoms. The van der Waals surface area contributed by atoms with Crippen molar-refractivity contribution < 1.29 is 23.8 Å². The average molecular weight is 422 g/mol. The summed E-state index contributed by atoms with van der Waals surface area (Å²) in [6.45, 7) is 1.97. The van der Waals surface area contributed by atoms with Gasteiger partial charge < -0.3 is 24.1 Å². The van der Waals surface area contributed by atoms with E-state index < -0.39 is 18.1 Å². The fourth-order valence-electron chi connectivity index (χ4n) is 4.53. The zero-order valence-electron chi connectivity index (χ0n) is 16.8. The van der Waals surface area contributed by atoms with Crippen molar-refractivity contribution in [3.63, 3.8) is 0 Å². The van der Waals surface area contributed by atoms with E-state index in [4.69, 9.17) is 14.2 Å². The summed E-state index contributed by atoms with van der Waals surface area (Å²) >= 11 is 0. The summed E-state index contributed by atoms with van der Waals surface area (Å²) in [7, 11) is 1.36. The number of hydrogen-bond acceptors (Lipinski definition) is 5. The summed E-state index contributed by atoms with van der Waals surface area (Å²) in [6, 6.07) is 12.5. The van der Waals surface area contributed by atoms with Gasteiger partial charge in [0.05, 0.1) is 13.2 Å². The van der Waals surface area contributed by atoms with Gasteiger partial charge in [0.25, 0.3) is 0 Å². The third-order valence-corrected chi connectivity index (χ3v) is 5.91. The van der Waals surface area contributed by atoms with Gasteiger partial charge in [-0.1, -0.05) is 38.6 Å². The van der Waals surface area contributed by atoms with Gasteiger partial charge in [0, 0.05) is 29.4 Å². The lowest BCUT2D eigenvalue weighted by Gasteiger charge is -2.41.